The van der Waals surface area contributed by atoms with E-state index in [1.165, 1.54) is 0 Å². The molecule has 20 heavy (non-hydrogen) atoms. The molecule has 3 N–H and O–H groups in total. The van der Waals surface area contributed by atoms with Gasteiger partial charge >= 0.3 is 0 Å². The third-order valence-electron chi connectivity index (χ3n) is 2.81. The summed E-state index contributed by atoms with van der Waals surface area (Å²) in [5.41, 5.74) is 4.51. The minimum atomic E-state index is -0.930. The Bertz CT molecular complexity index is 591. The summed E-state index contributed by atoms with van der Waals surface area (Å²) in [6, 6.07) is 5.64. The van der Waals surface area contributed by atoms with Gasteiger partial charge < -0.3 is 11.1 Å². The molecule has 0 saturated carbocycles. The summed E-state index contributed by atoms with van der Waals surface area (Å²) in [7, 11) is 0. The van der Waals surface area contributed by atoms with Gasteiger partial charge in [0.05, 0.1) is 0 Å². The highest BCUT2D eigenvalue weighted by Crippen LogP contribution is 2.17. The highest BCUT2D eigenvalue weighted by Gasteiger charge is 2.15. The minimum absolute atomic E-state index is 0.0766. The zero-order valence-corrected chi connectivity index (χ0v) is 11.6. The number of carbonyl (C=O) groups excluding carboxylic acids is 1. The Morgan fingerprint density at radius 3 is 2.60 bits per heavy atom. The van der Waals surface area contributed by atoms with Crippen LogP contribution in [0, 0.1) is 11.6 Å². The van der Waals surface area contributed by atoms with E-state index in [0.717, 1.165) is 17.0 Å². The zero-order chi connectivity index (χ0) is 14.7. The van der Waals surface area contributed by atoms with Crippen molar-refractivity contribution in [2.24, 2.45) is 0 Å². The molecule has 0 fully saturated rings. The SMILES string of the molecule is CC(Cc1cccs1)NC(=O)c1cc(F)c(N)c(F)c1. The number of amides is 1. The molecule has 0 bridgehead atoms. The van der Waals surface area contributed by atoms with Crippen molar-refractivity contribution < 1.29 is 13.6 Å². The highest BCUT2D eigenvalue weighted by atomic mass is 32.1. The number of nitrogens with one attached hydrogen (secondary N) is 1. The molecule has 1 unspecified atom stereocenters. The number of carbonyl (C=O) groups is 1. The van der Waals surface area contributed by atoms with Gasteiger partial charge in [0.1, 0.15) is 17.3 Å². The van der Waals surface area contributed by atoms with Gasteiger partial charge in [-0.2, -0.15) is 0 Å². The molecule has 0 saturated heterocycles. The summed E-state index contributed by atoms with van der Waals surface area (Å²) < 4.78 is 26.6. The monoisotopic (exact) mass is 296 g/mol. The molecular weight excluding hydrogens is 282 g/mol. The Balaban J connectivity index is 2.04. The first-order chi connectivity index (χ1) is 9.47. The molecule has 0 radical (unpaired) electrons. The van der Waals surface area contributed by atoms with E-state index in [4.69, 9.17) is 5.73 Å². The van der Waals surface area contributed by atoms with Crippen molar-refractivity contribution in [3.8, 4) is 0 Å². The molecule has 2 aromatic rings. The predicted octanol–water partition coefficient (Wildman–Crippen LogP) is 2.97. The van der Waals surface area contributed by atoms with E-state index in [9.17, 15) is 13.6 Å². The Kier molecular flexibility index (Phi) is 4.34. The van der Waals surface area contributed by atoms with Crippen LogP contribution in [0.2, 0.25) is 0 Å². The van der Waals surface area contributed by atoms with Gasteiger partial charge in [-0.05, 0) is 30.5 Å². The molecule has 0 spiro atoms. The van der Waals surface area contributed by atoms with Crippen molar-refractivity contribution in [2.75, 3.05) is 5.73 Å². The maximum Gasteiger partial charge on any atom is 0.251 e. The van der Waals surface area contributed by atoms with Crippen molar-refractivity contribution in [1.82, 2.24) is 5.32 Å². The van der Waals surface area contributed by atoms with Crippen LogP contribution in [0.25, 0.3) is 0 Å². The van der Waals surface area contributed by atoms with Crippen molar-refractivity contribution in [3.63, 3.8) is 0 Å². The fourth-order valence-electron chi connectivity index (χ4n) is 1.80. The van der Waals surface area contributed by atoms with Crippen LogP contribution >= 0.6 is 11.3 Å². The molecule has 0 aliphatic carbocycles. The zero-order valence-electron chi connectivity index (χ0n) is 10.8. The lowest BCUT2D eigenvalue weighted by molar-refractivity contribution is 0.0939. The average Bonchev–Trinajstić information content (AvgIpc) is 2.87. The van der Waals surface area contributed by atoms with Gasteiger partial charge in [0.2, 0.25) is 0 Å². The van der Waals surface area contributed by atoms with Crippen molar-refractivity contribution >= 4 is 22.9 Å². The summed E-state index contributed by atoms with van der Waals surface area (Å²) in [6.07, 6.45) is 0.670. The maximum atomic E-state index is 13.3. The van der Waals surface area contributed by atoms with Crippen LogP contribution in [0.3, 0.4) is 0 Å². The lowest BCUT2D eigenvalue weighted by Crippen LogP contribution is -2.34. The molecule has 1 amide bonds. The number of thiophene rings is 1. The predicted molar refractivity (Wildman–Crippen MR) is 75.7 cm³/mol. The first-order valence-electron chi connectivity index (χ1n) is 6.05. The fraction of sp³-hybridized carbons (Fsp3) is 0.214. The average molecular weight is 296 g/mol. The normalized spacial score (nSPS) is 12.2. The Morgan fingerprint density at radius 1 is 1.40 bits per heavy atom. The third-order valence-corrected chi connectivity index (χ3v) is 3.70. The number of hydrogen-bond donors (Lipinski definition) is 2. The van der Waals surface area contributed by atoms with E-state index in [0.29, 0.717) is 6.42 Å². The van der Waals surface area contributed by atoms with E-state index in [2.05, 4.69) is 5.32 Å². The van der Waals surface area contributed by atoms with Crippen LogP contribution in [0.4, 0.5) is 14.5 Å². The second-order valence-electron chi connectivity index (χ2n) is 4.51. The Morgan fingerprint density at radius 2 is 2.05 bits per heavy atom. The van der Waals surface area contributed by atoms with E-state index in [1.807, 2.05) is 24.4 Å². The van der Waals surface area contributed by atoms with E-state index in [-0.39, 0.29) is 11.6 Å². The smallest absolute Gasteiger partial charge is 0.251 e. The summed E-state index contributed by atoms with van der Waals surface area (Å²) in [5, 5.41) is 4.65. The minimum Gasteiger partial charge on any atom is -0.394 e. The van der Waals surface area contributed by atoms with Gasteiger partial charge in [-0.25, -0.2) is 8.78 Å². The standard InChI is InChI=1S/C14H14F2N2OS/c1-8(5-10-3-2-4-20-10)18-14(19)9-6-11(15)13(17)12(16)7-9/h2-4,6-8H,5,17H2,1H3,(H,18,19). The van der Waals surface area contributed by atoms with Crippen molar-refractivity contribution in [1.29, 1.82) is 0 Å². The van der Waals surface area contributed by atoms with Gasteiger partial charge in [-0.15, -0.1) is 11.3 Å². The Hall–Kier alpha value is -1.95. The van der Waals surface area contributed by atoms with Gasteiger partial charge in [0.25, 0.3) is 5.91 Å². The number of nitrogen functional groups attached to an aromatic ring is 1. The molecule has 3 nitrogen and oxygen atoms in total. The number of halogens is 2. The van der Waals surface area contributed by atoms with E-state index in [1.54, 1.807) is 11.3 Å². The second-order valence-corrected chi connectivity index (χ2v) is 5.54. The van der Waals surface area contributed by atoms with Gasteiger partial charge in [0.15, 0.2) is 0 Å². The number of rotatable bonds is 4. The third kappa shape index (κ3) is 3.33. The number of nitrogens with two attached hydrogens (primary N) is 1. The van der Waals surface area contributed by atoms with Gasteiger partial charge in [-0.3, -0.25) is 4.79 Å². The fourth-order valence-corrected chi connectivity index (χ4v) is 2.64. The summed E-state index contributed by atoms with van der Waals surface area (Å²) in [5.74, 6) is -2.38. The summed E-state index contributed by atoms with van der Waals surface area (Å²) in [6.45, 7) is 1.83. The Labute approximate surface area is 119 Å². The van der Waals surface area contributed by atoms with Crippen molar-refractivity contribution in [2.45, 2.75) is 19.4 Å². The van der Waals surface area contributed by atoms with Crippen LogP contribution in [0.1, 0.15) is 22.2 Å². The largest absolute Gasteiger partial charge is 0.394 e. The topological polar surface area (TPSA) is 55.1 Å². The summed E-state index contributed by atoms with van der Waals surface area (Å²) in [4.78, 5) is 13.0. The molecule has 0 aliphatic rings. The maximum absolute atomic E-state index is 13.3. The van der Waals surface area contributed by atoms with Crippen LogP contribution < -0.4 is 11.1 Å². The second kappa shape index (κ2) is 6.00. The number of benzene rings is 1. The van der Waals surface area contributed by atoms with Gasteiger partial charge in [0, 0.05) is 22.9 Å². The molecule has 2 rings (SSSR count). The molecule has 1 atom stereocenters. The lowest BCUT2D eigenvalue weighted by atomic mass is 10.1. The van der Waals surface area contributed by atoms with Gasteiger partial charge in [-0.1, -0.05) is 6.07 Å². The highest BCUT2D eigenvalue weighted by molar-refractivity contribution is 7.09. The van der Waals surface area contributed by atoms with Crippen molar-refractivity contribution in [3.05, 3.63) is 51.7 Å². The quantitative estimate of drug-likeness (QED) is 0.852. The molecule has 6 heteroatoms. The van der Waals surface area contributed by atoms with Crippen LogP contribution in [-0.2, 0) is 6.42 Å². The van der Waals surface area contributed by atoms with Crippen LogP contribution in [0.15, 0.2) is 29.6 Å². The molecule has 0 aliphatic heterocycles. The lowest BCUT2D eigenvalue weighted by Gasteiger charge is -2.13. The van der Waals surface area contributed by atoms with E-state index < -0.39 is 23.2 Å². The van der Waals surface area contributed by atoms with E-state index >= 15 is 0 Å². The molecule has 1 aromatic carbocycles. The first-order valence-corrected chi connectivity index (χ1v) is 6.93. The molecule has 1 aromatic heterocycles. The van der Waals surface area contributed by atoms with Crippen LogP contribution in [0.5, 0.6) is 0 Å². The molecule has 1 heterocycles. The molecule has 106 valence electrons. The number of hydrogen-bond acceptors (Lipinski definition) is 3. The molecular formula is C14H14F2N2OS. The number of anilines is 1. The summed E-state index contributed by atoms with van der Waals surface area (Å²) >= 11 is 1.59. The van der Waals surface area contributed by atoms with Crippen LogP contribution in [-0.4, -0.2) is 11.9 Å². The first kappa shape index (κ1) is 14.5.